The lowest BCUT2D eigenvalue weighted by molar-refractivity contribution is -0.116. The van der Waals surface area contributed by atoms with Gasteiger partial charge < -0.3 is 15.1 Å². The second-order valence-electron chi connectivity index (χ2n) is 8.89. The fraction of sp³-hybridized carbons (Fsp3) is 0.207. The Bertz CT molecular complexity index is 1200. The molecule has 1 N–H and O–H groups in total. The molecule has 176 valence electrons. The van der Waals surface area contributed by atoms with E-state index in [0.29, 0.717) is 0 Å². The Morgan fingerprint density at radius 1 is 0.743 bits per heavy atom. The monoisotopic (exact) mass is 463 g/mol. The normalized spacial score (nSPS) is 14.2. The van der Waals surface area contributed by atoms with Crippen molar-refractivity contribution in [2.45, 2.75) is 5.92 Å². The van der Waals surface area contributed by atoms with Crippen LogP contribution in [-0.4, -0.2) is 54.2 Å². The van der Waals surface area contributed by atoms with E-state index in [0.717, 1.165) is 60.1 Å². The van der Waals surface area contributed by atoms with Crippen LogP contribution in [0.1, 0.15) is 17.0 Å². The molecule has 0 aliphatic carbocycles. The van der Waals surface area contributed by atoms with Crippen molar-refractivity contribution in [3.8, 4) is 11.3 Å². The van der Waals surface area contributed by atoms with Crippen LogP contribution in [0.2, 0.25) is 0 Å². The van der Waals surface area contributed by atoms with Crippen LogP contribution in [0.5, 0.6) is 0 Å². The first kappa shape index (κ1) is 22.7. The average molecular weight is 464 g/mol. The molecule has 0 unspecified atom stereocenters. The van der Waals surface area contributed by atoms with E-state index in [-0.39, 0.29) is 11.8 Å². The molecule has 0 spiro atoms. The highest BCUT2D eigenvalue weighted by Gasteiger charge is 2.22. The molecule has 1 aliphatic rings. The average Bonchev–Trinajstić information content (AvgIpc) is 2.91. The van der Waals surface area contributed by atoms with Gasteiger partial charge in [-0.15, -0.1) is 10.2 Å². The summed E-state index contributed by atoms with van der Waals surface area (Å²) in [7, 11) is 2.14. The van der Waals surface area contributed by atoms with E-state index in [4.69, 9.17) is 0 Å². The van der Waals surface area contributed by atoms with E-state index in [1.165, 1.54) is 0 Å². The van der Waals surface area contributed by atoms with Crippen LogP contribution in [-0.2, 0) is 4.79 Å². The van der Waals surface area contributed by atoms with Crippen molar-refractivity contribution in [1.82, 2.24) is 15.1 Å². The smallest absolute Gasteiger partial charge is 0.236 e. The first-order valence-electron chi connectivity index (χ1n) is 12.0. The van der Waals surface area contributed by atoms with Crippen LogP contribution in [0.3, 0.4) is 0 Å². The van der Waals surface area contributed by atoms with Gasteiger partial charge in [0.25, 0.3) is 0 Å². The lowest BCUT2D eigenvalue weighted by Crippen LogP contribution is -2.44. The third-order valence-electron chi connectivity index (χ3n) is 6.45. The third kappa shape index (κ3) is 5.39. The van der Waals surface area contributed by atoms with Crippen LogP contribution in [0, 0.1) is 0 Å². The number of carbonyl (C=O) groups is 1. The number of likely N-dealkylation sites (N-methyl/N-ethyl adjacent to an activating group) is 1. The number of hydrogen-bond donors (Lipinski definition) is 1. The molecule has 2 heterocycles. The van der Waals surface area contributed by atoms with Gasteiger partial charge in [-0.3, -0.25) is 4.79 Å². The summed E-state index contributed by atoms with van der Waals surface area (Å²) in [5, 5.41) is 12.0. The highest BCUT2D eigenvalue weighted by molar-refractivity contribution is 5.98. The van der Waals surface area contributed by atoms with E-state index in [1.54, 1.807) is 0 Å². The van der Waals surface area contributed by atoms with Gasteiger partial charge in [-0.25, -0.2) is 0 Å². The molecule has 5 rings (SSSR count). The van der Waals surface area contributed by atoms with Crippen molar-refractivity contribution in [2.75, 3.05) is 43.4 Å². The minimum absolute atomic E-state index is 0.0635. The predicted octanol–water partition coefficient (Wildman–Crippen LogP) is 4.67. The largest absolute Gasteiger partial charge is 0.353 e. The SMILES string of the molecule is CN1CCN(c2ccc(-c3ccc(NC(=O)C(c4ccccc4)c4ccccc4)cc3)nn2)CC1. The van der Waals surface area contributed by atoms with Crippen molar-refractivity contribution < 1.29 is 4.79 Å². The standard InChI is InChI=1S/C29H29N5O/c1-33-18-20-34(21-19-33)27-17-16-26(31-32-27)22-12-14-25(15-13-22)30-29(35)28(23-8-4-2-5-9-23)24-10-6-3-7-11-24/h2-17,28H,18-21H2,1H3,(H,30,35). The van der Waals surface area contributed by atoms with E-state index in [9.17, 15) is 4.79 Å². The number of carbonyl (C=O) groups excluding carboxylic acids is 1. The number of hydrogen-bond acceptors (Lipinski definition) is 5. The maximum atomic E-state index is 13.3. The second kappa shape index (κ2) is 10.5. The number of nitrogens with zero attached hydrogens (tertiary/aromatic N) is 4. The van der Waals surface area contributed by atoms with Crippen LogP contribution in [0.25, 0.3) is 11.3 Å². The second-order valence-corrected chi connectivity index (χ2v) is 8.89. The van der Waals surface area contributed by atoms with Crippen molar-refractivity contribution in [2.24, 2.45) is 0 Å². The number of rotatable bonds is 6. The van der Waals surface area contributed by atoms with Crippen molar-refractivity contribution in [3.63, 3.8) is 0 Å². The lowest BCUT2D eigenvalue weighted by Gasteiger charge is -2.32. The number of benzene rings is 3. The van der Waals surface area contributed by atoms with Crippen LogP contribution in [0.4, 0.5) is 11.5 Å². The van der Waals surface area contributed by atoms with Gasteiger partial charge in [-0.2, -0.15) is 0 Å². The van der Waals surface area contributed by atoms with Crippen LogP contribution in [0.15, 0.2) is 97.1 Å². The minimum atomic E-state index is -0.384. The Morgan fingerprint density at radius 2 is 1.34 bits per heavy atom. The van der Waals surface area contributed by atoms with Crippen LogP contribution >= 0.6 is 0 Å². The van der Waals surface area contributed by atoms with Gasteiger partial charge in [-0.05, 0) is 42.4 Å². The zero-order valence-corrected chi connectivity index (χ0v) is 19.8. The van der Waals surface area contributed by atoms with Crippen molar-refractivity contribution in [3.05, 3.63) is 108 Å². The Balaban J connectivity index is 1.29. The van der Waals surface area contributed by atoms with E-state index >= 15 is 0 Å². The number of aromatic nitrogens is 2. The zero-order chi connectivity index (χ0) is 24.0. The van der Waals surface area contributed by atoms with E-state index in [1.807, 2.05) is 97.1 Å². The molecule has 1 aromatic heterocycles. The molecule has 3 aromatic carbocycles. The highest BCUT2D eigenvalue weighted by Crippen LogP contribution is 2.27. The van der Waals surface area contributed by atoms with E-state index in [2.05, 4.69) is 32.4 Å². The van der Waals surface area contributed by atoms with Crippen molar-refractivity contribution in [1.29, 1.82) is 0 Å². The molecule has 35 heavy (non-hydrogen) atoms. The van der Waals surface area contributed by atoms with E-state index < -0.39 is 0 Å². The molecule has 0 atom stereocenters. The van der Waals surface area contributed by atoms with Gasteiger partial charge in [-0.1, -0.05) is 72.8 Å². The Morgan fingerprint density at radius 3 is 1.89 bits per heavy atom. The Kier molecular flexibility index (Phi) is 6.82. The maximum Gasteiger partial charge on any atom is 0.236 e. The summed E-state index contributed by atoms with van der Waals surface area (Å²) in [6, 6.07) is 31.5. The number of amides is 1. The molecular weight excluding hydrogens is 434 g/mol. The molecular formula is C29H29N5O. The summed E-state index contributed by atoms with van der Waals surface area (Å²) in [4.78, 5) is 17.9. The van der Waals surface area contributed by atoms with Gasteiger partial charge in [0, 0.05) is 37.4 Å². The summed E-state index contributed by atoms with van der Waals surface area (Å²) in [5.74, 6) is 0.468. The number of nitrogens with one attached hydrogen (secondary N) is 1. The van der Waals surface area contributed by atoms with Gasteiger partial charge in [0.1, 0.15) is 0 Å². The third-order valence-corrected chi connectivity index (χ3v) is 6.45. The first-order chi connectivity index (χ1) is 17.2. The molecule has 6 heteroatoms. The van der Waals surface area contributed by atoms with Crippen LogP contribution < -0.4 is 10.2 Å². The molecule has 1 fully saturated rings. The maximum absolute atomic E-state index is 13.3. The molecule has 0 saturated carbocycles. The Hall–Kier alpha value is -4.03. The molecule has 1 amide bonds. The predicted molar refractivity (Wildman–Crippen MR) is 141 cm³/mol. The zero-order valence-electron chi connectivity index (χ0n) is 19.8. The fourth-order valence-electron chi connectivity index (χ4n) is 4.41. The fourth-order valence-corrected chi connectivity index (χ4v) is 4.41. The summed E-state index contributed by atoms with van der Waals surface area (Å²) < 4.78 is 0. The van der Waals surface area contributed by atoms with Gasteiger partial charge >= 0.3 is 0 Å². The molecule has 0 bridgehead atoms. The summed E-state index contributed by atoms with van der Waals surface area (Å²) in [5.41, 5.74) is 4.44. The lowest BCUT2D eigenvalue weighted by atomic mass is 9.90. The molecule has 4 aromatic rings. The van der Waals surface area contributed by atoms with Crippen molar-refractivity contribution >= 4 is 17.4 Å². The Labute approximate surface area is 206 Å². The molecule has 6 nitrogen and oxygen atoms in total. The summed E-state index contributed by atoms with van der Waals surface area (Å²) >= 11 is 0. The van der Waals surface area contributed by atoms with Gasteiger partial charge in [0.05, 0.1) is 11.6 Å². The first-order valence-corrected chi connectivity index (χ1v) is 12.0. The quantitative estimate of drug-likeness (QED) is 0.450. The highest BCUT2D eigenvalue weighted by atomic mass is 16.1. The summed E-state index contributed by atoms with van der Waals surface area (Å²) in [6.45, 7) is 4.00. The topological polar surface area (TPSA) is 61.4 Å². The number of piperazine rings is 1. The molecule has 1 aliphatic heterocycles. The van der Waals surface area contributed by atoms with Gasteiger partial charge in [0.2, 0.25) is 5.91 Å². The summed E-state index contributed by atoms with van der Waals surface area (Å²) in [6.07, 6.45) is 0. The molecule has 1 saturated heterocycles. The minimum Gasteiger partial charge on any atom is -0.353 e. The van der Waals surface area contributed by atoms with Gasteiger partial charge in [0.15, 0.2) is 5.82 Å². The number of anilines is 2. The molecule has 0 radical (unpaired) electrons.